The van der Waals surface area contributed by atoms with Crippen LogP contribution in [0.25, 0.3) is 0 Å². The molecule has 0 unspecified atom stereocenters. The minimum absolute atomic E-state index is 0.0310. The van der Waals surface area contributed by atoms with Crippen molar-refractivity contribution >= 4 is 5.91 Å². The van der Waals surface area contributed by atoms with E-state index in [9.17, 15) is 4.79 Å². The first-order valence-corrected chi connectivity index (χ1v) is 7.62. The van der Waals surface area contributed by atoms with E-state index in [0.29, 0.717) is 43.4 Å². The van der Waals surface area contributed by atoms with Gasteiger partial charge >= 0.3 is 0 Å². The molecule has 1 aromatic carbocycles. The van der Waals surface area contributed by atoms with Gasteiger partial charge in [-0.15, -0.1) is 0 Å². The van der Waals surface area contributed by atoms with Crippen LogP contribution in [0.15, 0.2) is 18.2 Å². The van der Waals surface area contributed by atoms with Crippen molar-refractivity contribution in [2.45, 2.75) is 32.7 Å². The first-order valence-electron chi connectivity index (χ1n) is 7.62. The van der Waals surface area contributed by atoms with Crippen molar-refractivity contribution in [1.29, 1.82) is 0 Å². The van der Waals surface area contributed by atoms with E-state index in [-0.39, 0.29) is 11.9 Å². The van der Waals surface area contributed by atoms with Crippen LogP contribution in [0.3, 0.4) is 0 Å². The maximum atomic E-state index is 12.9. The summed E-state index contributed by atoms with van der Waals surface area (Å²) in [6.07, 6.45) is 1.82. The molecule has 0 bridgehead atoms. The van der Waals surface area contributed by atoms with Gasteiger partial charge in [0.1, 0.15) is 13.2 Å². The molecule has 1 amide bonds. The number of nitrogens with zero attached hydrogens (tertiary/aromatic N) is 1. The van der Waals surface area contributed by atoms with Gasteiger partial charge in [0, 0.05) is 19.1 Å². The van der Waals surface area contributed by atoms with Crippen LogP contribution in [0, 0.1) is 0 Å². The highest BCUT2D eigenvalue weighted by molar-refractivity contribution is 5.98. The number of benzene rings is 1. The summed E-state index contributed by atoms with van der Waals surface area (Å²) in [5.74, 6) is 1.17. The van der Waals surface area contributed by atoms with Gasteiger partial charge in [-0.25, -0.2) is 0 Å². The van der Waals surface area contributed by atoms with E-state index in [1.807, 2.05) is 17.0 Å². The van der Waals surface area contributed by atoms with Crippen molar-refractivity contribution in [2.24, 2.45) is 5.73 Å². The molecule has 0 spiro atoms. The first kappa shape index (κ1) is 15.6. The average molecular weight is 292 g/mol. The summed E-state index contributed by atoms with van der Waals surface area (Å²) < 4.78 is 11.2. The molecule has 2 N–H and O–H groups in total. The Bertz CT molecular complexity index is 486. The SMILES string of the molecule is CCC(CC)N(CCN)C(=O)c1cccc2c1OCCO2. The summed E-state index contributed by atoms with van der Waals surface area (Å²) in [7, 11) is 0. The molecule has 0 atom stereocenters. The number of para-hydroxylation sites is 1. The second-order valence-corrected chi connectivity index (χ2v) is 5.09. The van der Waals surface area contributed by atoms with Crippen LogP contribution in [0.1, 0.15) is 37.0 Å². The lowest BCUT2D eigenvalue weighted by Crippen LogP contribution is -2.43. The highest BCUT2D eigenvalue weighted by Crippen LogP contribution is 2.34. The molecule has 1 aliphatic heterocycles. The minimum Gasteiger partial charge on any atom is -0.486 e. The summed E-state index contributed by atoms with van der Waals surface area (Å²) in [5, 5.41) is 0. The monoisotopic (exact) mass is 292 g/mol. The number of rotatable bonds is 6. The Balaban J connectivity index is 2.32. The van der Waals surface area contributed by atoms with Gasteiger partial charge in [-0.1, -0.05) is 19.9 Å². The summed E-state index contributed by atoms with van der Waals surface area (Å²) >= 11 is 0. The fourth-order valence-corrected chi connectivity index (χ4v) is 2.72. The van der Waals surface area contributed by atoms with Crippen LogP contribution >= 0.6 is 0 Å². The first-order chi connectivity index (χ1) is 10.2. The number of hydrogen-bond donors (Lipinski definition) is 1. The van der Waals surface area contributed by atoms with Gasteiger partial charge in [0.2, 0.25) is 0 Å². The zero-order chi connectivity index (χ0) is 15.2. The van der Waals surface area contributed by atoms with Crippen LogP contribution in [-0.2, 0) is 0 Å². The van der Waals surface area contributed by atoms with Crippen molar-refractivity contribution in [2.75, 3.05) is 26.3 Å². The lowest BCUT2D eigenvalue weighted by atomic mass is 10.1. The Labute approximate surface area is 126 Å². The quantitative estimate of drug-likeness (QED) is 0.871. The Morgan fingerprint density at radius 2 is 2.00 bits per heavy atom. The number of fused-ring (bicyclic) bond motifs is 1. The highest BCUT2D eigenvalue weighted by atomic mass is 16.6. The average Bonchev–Trinajstić information content (AvgIpc) is 2.54. The van der Waals surface area contributed by atoms with E-state index < -0.39 is 0 Å². The third kappa shape index (κ3) is 3.29. The minimum atomic E-state index is -0.0310. The Kier molecular flexibility index (Phi) is 5.44. The molecule has 1 aliphatic rings. The van der Waals surface area contributed by atoms with E-state index in [4.69, 9.17) is 15.2 Å². The van der Waals surface area contributed by atoms with Gasteiger partial charge in [-0.3, -0.25) is 4.79 Å². The molecule has 0 saturated carbocycles. The molecule has 0 aromatic heterocycles. The summed E-state index contributed by atoms with van der Waals surface area (Å²) in [6.45, 7) is 6.17. The van der Waals surface area contributed by atoms with Crippen LogP contribution < -0.4 is 15.2 Å². The number of nitrogens with two attached hydrogens (primary N) is 1. The third-order valence-electron chi connectivity index (χ3n) is 3.81. The predicted molar refractivity (Wildman–Crippen MR) is 81.9 cm³/mol. The number of carbonyl (C=O) groups is 1. The van der Waals surface area contributed by atoms with E-state index in [0.717, 1.165) is 12.8 Å². The molecule has 1 heterocycles. The molecule has 0 aliphatic carbocycles. The molecule has 2 rings (SSSR count). The Hall–Kier alpha value is -1.75. The summed E-state index contributed by atoms with van der Waals surface area (Å²) in [4.78, 5) is 14.8. The van der Waals surface area contributed by atoms with Crippen LogP contribution in [0.4, 0.5) is 0 Å². The largest absolute Gasteiger partial charge is 0.486 e. The Morgan fingerprint density at radius 3 is 2.67 bits per heavy atom. The maximum Gasteiger partial charge on any atom is 0.258 e. The molecular weight excluding hydrogens is 268 g/mol. The van der Waals surface area contributed by atoms with Crippen LogP contribution in [-0.4, -0.2) is 43.2 Å². The van der Waals surface area contributed by atoms with Gasteiger partial charge in [0.25, 0.3) is 5.91 Å². The molecule has 116 valence electrons. The zero-order valence-corrected chi connectivity index (χ0v) is 12.8. The fourth-order valence-electron chi connectivity index (χ4n) is 2.72. The molecule has 0 saturated heterocycles. The number of hydrogen-bond acceptors (Lipinski definition) is 4. The van der Waals surface area contributed by atoms with Crippen molar-refractivity contribution in [3.63, 3.8) is 0 Å². The van der Waals surface area contributed by atoms with Gasteiger partial charge in [0.05, 0.1) is 5.56 Å². The van der Waals surface area contributed by atoms with Crippen molar-refractivity contribution in [3.05, 3.63) is 23.8 Å². The number of carbonyl (C=O) groups excluding carboxylic acids is 1. The zero-order valence-electron chi connectivity index (χ0n) is 12.8. The highest BCUT2D eigenvalue weighted by Gasteiger charge is 2.27. The second kappa shape index (κ2) is 7.31. The van der Waals surface area contributed by atoms with E-state index in [1.165, 1.54) is 0 Å². The topological polar surface area (TPSA) is 64.8 Å². The molecule has 5 heteroatoms. The molecule has 1 aromatic rings. The summed E-state index contributed by atoms with van der Waals surface area (Å²) in [5.41, 5.74) is 6.24. The van der Waals surface area contributed by atoms with Gasteiger partial charge in [0.15, 0.2) is 11.5 Å². The third-order valence-corrected chi connectivity index (χ3v) is 3.81. The second-order valence-electron chi connectivity index (χ2n) is 5.09. The lowest BCUT2D eigenvalue weighted by molar-refractivity contribution is 0.0664. The van der Waals surface area contributed by atoms with Gasteiger partial charge < -0.3 is 20.1 Å². The van der Waals surface area contributed by atoms with Crippen molar-refractivity contribution < 1.29 is 14.3 Å². The van der Waals surface area contributed by atoms with Crippen molar-refractivity contribution in [1.82, 2.24) is 4.90 Å². The molecule has 21 heavy (non-hydrogen) atoms. The number of ether oxygens (including phenoxy) is 2. The molecule has 0 radical (unpaired) electrons. The van der Waals surface area contributed by atoms with Crippen molar-refractivity contribution in [3.8, 4) is 11.5 Å². The molecular formula is C16H24N2O3. The van der Waals surface area contributed by atoms with E-state index in [1.54, 1.807) is 6.07 Å². The smallest absolute Gasteiger partial charge is 0.258 e. The lowest BCUT2D eigenvalue weighted by Gasteiger charge is -2.31. The molecule has 0 fully saturated rings. The van der Waals surface area contributed by atoms with Gasteiger partial charge in [-0.2, -0.15) is 0 Å². The summed E-state index contributed by atoms with van der Waals surface area (Å²) in [6, 6.07) is 5.65. The number of amides is 1. The fraction of sp³-hybridized carbons (Fsp3) is 0.562. The van der Waals surface area contributed by atoms with E-state index >= 15 is 0 Å². The predicted octanol–water partition coefficient (Wildman–Crippen LogP) is 2.05. The standard InChI is InChI=1S/C16H24N2O3/c1-3-12(4-2)18(9-8-17)16(19)13-6-5-7-14-15(13)21-11-10-20-14/h5-7,12H,3-4,8-11,17H2,1-2H3. The van der Waals surface area contributed by atoms with Crippen LogP contribution in [0.5, 0.6) is 11.5 Å². The molecule has 5 nitrogen and oxygen atoms in total. The van der Waals surface area contributed by atoms with Crippen LogP contribution in [0.2, 0.25) is 0 Å². The Morgan fingerprint density at radius 1 is 1.29 bits per heavy atom. The normalized spacial score (nSPS) is 13.3. The maximum absolute atomic E-state index is 12.9. The van der Waals surface area contributed by atoms with E-state index in [2.05, 4.69) is 13.8 Å². The van der Waals surface area contributed by atoms with Gasteiger partial charge in [-0.05, 0) is 25.0 Å².